The van der Waals surface area contributed by atoms with E-state index in [-0.39, 0.29) is 5.97 Å². The van der Waals surface area contributed by atoms with E-state index < -0.39 is 5.54 Å². The number of pyridine rings is 1. The number of carbonyl (C=O) groups is 1. The van der Waals surface area contributed by atoms with Gasteiger partial charge in [0.2, 0.25) is 0 Å². The summed E-state index contributed by atoms with van der Waals surface area (Å²) in [5.74, 6) is -0.0868. The number of nitrogens with zero attached hydrogens (tertiary/aromatic N) is 1. The number of carbonyl (C=O) groups excluding carboxylic acids is 1. The van der Waals surface area contributed by atoms with Gasteiger partial charge in [0.05, 0.1) is 6.61 Å². The number of hydrogen-bond acceptors (Lipinski definition) is 5. The highest BCUT2D eigenvalue weighted by Gasteiger charge is 2.46. The Bertz CT molecular complexity index is 455. The lowest BCUT2D eigenvalue weighted by Crippen LogP contribution is -2.51. The molecule has 0 spiro atoms. The molecule has 1 heterocycles. The fourth-order valence-corrected chi connectivity index (χ4v) is 4.03. The molecular formula is C16H24N2O2S. The van der Waals surface area contributed by atoms with E-state index >= 15 is 0 Å². The first-order chi connectivity index (χ1) is 10.2. The van der Waals surface area contributed by atoms with Gasteiger partial charge in [-0.3, -0.25) is 9.78 Å². The number of hydrogen-bond donors (Lipinski definition) is 1. The highest BCUT2D eigenvalue weighted by atomic mass is 32.2. The lowest BCUT2D eigenvalue weighted by atomic mass is 9.97. The predicted molar refractivity (Wildman–Crippen MR) is 85.4 cm³/mol. The summed E-state index contributed by atoms with van der Waals surface area (Å²) in [7, 11) is 0. The van der Waals surface area contributed by atoms with Crippen LogP contribution in [0.2, 0.25) is 0 Å². The van der Waals surface area contributed by atoms with Gasteiger partial charge in [-0.1, -0.05) is 6.92 Å². The number of ether oxygens (including phenoxy) is 1. The van der Waals surface area contributed by atoms with Crippen molar-refractivity contribution in [3.63, 3.8) is 0 Å². The first kappa shape index (κ1) is 16.3. The normalized spacial score (nSPS) is 25.0. The molecule has 1 aliphatic rings. The highest BCUT2D eigenvalue weighted by molar-refractivity contribution is 8.00. The molecule has 0 aromatic carbocycles. The van der Waals surface area contributed by atoms with E-state index in [1.807, 2.05) is 43.2 Å². The number of nitrogens with one attached hydrogen (secondary N) is 1. The van der Waals surface area contributed by atoms with E-state index in [0.29, 0.717) is 11.9 Å². The summed E-state index contributed by atoms with van der Waals surface area (Å²) < 4.78 is 5.30. The van der Waals surface area contributed by atoms with Crippen LogP contribution in [0.4, 0.5) is 0 Å². The van der Waals surface area contributed by atoms with Crippen LogP contribution in [-0.2, 0) is 9.53 Å². The molecule has 0 bridgehead atoms. The molecule has 2 atom stereocenters. The number of thioether (sulfide) groups is 1. The molecule has 1 aromatic rings. The highest BCUT2D eigenvalue weighted by Crippen LogP contribution is 2.40. The average molecular weight is 308 g/mol. The Morgan fingerprint density at radius 1 is 1.48 bits per heavy atom. The van der Waals surface area contributed by atoms with Crippen molar-refractivity contribution in [1.82, 2.24) is 10.3 Å². The fraction of sp³-hybridized carbons (Fsp3) is 0.625. The summed E-state index contributed by atoms with van der Waals surface area (Å²) >= 11 is 1.83. The predicted octanol–water partition coefficient (Wildman–Crippen LogP) is 3.03. The lowest BCUT2D eigenvalue weighted by molar-refractivity contribution is -0.151. The van der Waals surface area contributed by atoms with E-state index in [9.17, 15) is 4.79 Å². The summed E-state index contributed by atoms with van der Waals surface area (Å²) in [4.78, 5) is 17.6. The van der Waals surface area contributed by atoms with Gasteiger partial charge in [-0.2, -0.15) is 0 Å². The van der Waals surface area contributed by atoms with Gasteiger partial charge in [-0.25, -0.2) is 0 Å². The van der Waals surface area contributed by atoms with Gasteiger partial charge in [-0.05, 0) is 51.3 Å². The van der Waals surface area contributed by atoms with Crippen molar-refractivity contribution in [3.8, 4) is 0 Å². The van der Waals surface area contributed by atoms with Crippen molar-refractivity contribution >= 4 is 17.7 Å². The maximum Gasteiger partial charge on any atom is 0.326 e. The standard InChI is InChI=1S/C16H24N2O2S/c1-3-9-18-16(15(19)20-4-2)8-5-14(12-16)21-13-6-10-17-11-7-13/h6-7,10-11,14,18H,3-5,8-9,12H2,1-2H3. The Hall–Kier alpha value is -1.07. The third kappa shape index (κ3) is 4.20. The topological polar surface area (TPSA) is 51.2 Å². The molecule has 1 aliphatic carbocycles. The zero-order valence-electron chi connectivity index (χ0n) is 12.8. The van der Waals surface area contributed by atoms with Crippen LogP contribution in [0.15, 0.2) is 29.4 Å². The van der Waals surface area contributed by atoms with Gasteiger partial charge >= 0.3 is 5.97 Å². The van der Waals surface area contributed by atoms with Gasteiger partial charge in [0.1, 0.15) is 5.54 Å². The van der Waals surface area contributed by atoms with Crippen molar-refractivity contribution in [2.75, 3.05) is 13.2 Å². The average Bonchev–Trinajstić information content (AvgIpc) is 2.91. The summed E-state index contributed by atoms with van der Waals surface area (Å²) in [6.45, 7) is 5.27. The van der Waals surface area contributed by atoms with E-state index in [2.05, 4.69) is 17.2 Å². The molecule has 116 valence electrons. The minimum Gasteiger partial charge on any atom is -0.465 e. The Balaban J connectivity index is 2.01. The summed E-state index contributed by atoms with van der Waals surface area (Å²) in [5.41, 5.74) is -0.489. The minimum absolute atomic E-state index is 0.0868. The Kier molecular flexibility index (Phi) is 6.06. The van der Waals surface area contributed by atoms with Crippen molar-refractivity contribution in [2.24, 2.45) is 0 Å². The van der Waals surface area contributed by atoms with E-state index in [1.165, 1.54) is 4.90 Å². The van der Waals surface area contributed by atoms with Gasteiger partial charge < -0.3 is 10.1 Å². The van der Waals surface area contributed by atoms with Gasteiger partial charge in [0.15, 0.2) is 0 Å². The van der Waals surface area contributed by atoms with Crippen LogP contribution < -0.4 is 5.32 Å². The number of aromatic nitrogens is 1. The zero-order chi connectivity index (χ0) is 15.1. The lowest BCUT2D eigenvalue weighted by Gasteiger charge is -2.28. The Morgan fingerprint density at radius 3 is 2.90 bits per heavy atom. The van der Waals surface area contributed by atoms with Crippen molar-refractivity contribution < 1.29 is 9.53 Å². The van der Waals surface area contributed by atoms with E-state index in [4.69, 9.17) is 4.74 Å². The molecule has 0 amide bonds. The molecule has 1 aromatic heterocycles. The van der Waals surface area contributed by atoms with Gasteiger partial charge in [-0.15, -0.1) is 11.8 Å². The third-order valence-corrected chi connectivity index (χ3v) is 5.08. The molecule has 2 unspecified atom stereocenters. The molecule has 1 fully saturated rings. The molecule has 21 heavy (non-hydrogen) atoms. The molecule has 2 rings (SSSR count). The van der Waals surface area contributed by atoms with Crippen molar-refractivity contribution in [1.29, 1.82) is 0 Å². The van der Waals surface area contributed by atoms with Crippen LogP contribution in [-0.4, -0.2) is 34.9 Å². The molecule has 5 heteroatoms. The van der Waals surface area contributed by atoms with E-state index in [1.54, 1.807) is 0 Å². The van der Waals surface area contributed by atoms with E-state index in [0.717, 1.165) is 32.2 Å². The van der Waals surface area contributed by atoms with Crippen LogP contribution in [0.1, 0.15) is 39.5 Å². The summed E-state index contributed by atoms with van der Waals surface area (Å²) in [6.07, 6.45) is 7.36. The van der Waals surface area contributed by atoms with Crippen molar-refractivity contribution in [2.45, 2.75) is 55.2 Å². The SMILES string of the molecule is CCCNC1(C(=O)OCC)CCC(Sc2ccncc2)C1. The van der Waals surface area contributed by atoms with Crippen LogP contribution in [0, 0.1) is 0 Å². The van der Waals surface area contributed by atoms with Crippen LogP contribution in [0.25, 0.3) is 0 Å². The Morgan fingerprint density at radius 2 is 2.24 bits per heavy atom. The van der Waals surface area contributed by atoms with Gasteiger partial charge in [0.25, 0.3) is 0 Å². The van der Waals surface area contributed by atoms with Crippen LogP contribution in [0.3, 0.4) is 0 Å². The second-order valence-electron chi connectivity index (χ2n) is 5.39. The zero-order valence-corrected chi connectivity index (χ0v) is 13.6. The fourth-order valence-electron chi connectivity index (χ4n) is 2.76. The first-order valence-electron chi connectivity index (χ1n) is 7.69. The molecular weight excluding hydrogens is 284 g/mol. The monoisotopic (exact) mass is 308 g/mol. The quantitative estimate of drug-likeness (QED) is 0.785. The summed E-state index contributed by atoms with van der Waals surface area (Å²) in [6, 6.07) is 4.04. The maximum absolute atomic E-state index is 12.4. The second-order valence-corrected chi connectivity index (χ2v) is 6.77. The molecule has 1 N–H and O–H groups in total. The Labute approximate surface area is 131 Å². The molecule has 4 nitrogen and oxygen atoms in total. The van der Waals surface area contributed by atoms with Crippen LogP contribution >= 0.6 is 11.8 Å². The smallest absolute Gasteiger partial charge is 0.326 e. The molecule has 0 aliphatic heterocycles. The van der Waals surface area contributed by atoms with Crippen LogP contribution in [0.5, 0.6) is 0 Å². The first-order valence-corrected chi connectivity index (χ1v) is 8.57. The minimum atomic E-state index is -0.489. The molecule has 0 radical (unpaired) electrons. The largest absolute Gasteiger partial charge is 0.465 e. The molecule has 0 saturated heterocycles. The second kappa shape index (κ2) is 7.80. The number of rotatable bonds is 7. The molecule has 1 saturated carbocycles. The summed E-state index contributed by atoms with van der Waals surface area (Å²) in [5, 5.41) is 3.89. The third-order valence-electron chi connectivity index (χ3n) is 3.80. The van der Waals surface area contributed by atoms with Crippen molar-refractivity contribution in [3.05, 3.63) is 24.5 Å². The maximum atomic E-state index is 12.4. The van der Waals surface area contributed by atoms with Gasteiger partial charge in [0, 0.05) is 22.5 Å². The number of esters is 1.